The molecule has 0 radical (unpaired) electrons. The van der Waals surface area contributed by atoms with Gasteiger partial charge in [-0.05, 0) is 35.8 Å². The summed E-state index contributed by atoms with van der Waals surface area (Å²) >= 11 is 0. The van der Waals surface area contributed by atoms with Gasteiger partial charge in [0.05, 0.1) is 6.54 Å². The van der Waals surface area contributed by atoms with Gasteiger partial charge in [0.1, 0.15) is 0 Å². The van der Waals surface area contributed by atoms with Crippen LogP contribution in [-0.4, -0.2) is 42.8 Å². The molecule has 0 aliphatic heterocycles. The molecule has 2 amide bonds. The number of nitrogens with zero attached hydrogens (tertiary/aromatic N) is 1. The zero-order valence-electron chi connectivity index (χ0n) is 16.7. The lowest BCUT2D eigenvalue weighted by atomic mass is 10.1. The smallest absolute Gasteiger partial charge is 0.255 e. The van der Waals surface area contributed by atoms with E-state index in [9.17, 15) is 18.4 Å². The quantitative estimate of drug-likeness (QED) is 0.681. The Bertz CT molecular complexity index is 875. The van der Waals surface area contributed by atoms with E-state index in [1.54, 1.807) is 0 Å². The normalized spacial score (nSPS) is 24.4. The molecule has 4 rings (SSSR count). The van der Waals surface area contributed by atoms with E-state index >= 15 is 0 Å². The van der Waals surface area contributed by atoms with E-state index in [-0.39, 0.29) is 48.6 Å². The lowest BCUT2D eigenvalue weighted by Gasteiger charge is -2.23. The van der Waals surface area contributed by atoms with Crippen molar-refractivity contribution in [1.29, 1.82) is 0 Å². The largest absolute Gasteiger partial charge is 0.354 e. The predicted molar refractivity (Wildman–Crippen MR) is 110 cm³/mol. The number of nitrogens with one attached hydrogen (secondary N) is 1. The Hall–Kier alpha value is -2.76. The summed E-state index contributed by atoms with van der Waals surface area (Å²) in [6.45, 7) is -0.295. The van der Waals surface area contributed by atoms with Crippen molar-refractivity contribution >= 4 is 11.8 Å². The van der Waals surface area contributed by atoms with Gasteiger partial charge in [-0.2, -0.15) is 0 Å². The second kappa shape index (κ2) is 8.94. The molecule has 0 aromatic heterocycles. The van der Waals surface area contributed by atoms with E-state index in [1.165, 1.54) is 4.90 Å². The van der Waals surface area contributed by atoms with E-state index in [2.05, 4.69) is 5.32 Å². The number of hydrogen-bond donors (Lipinski definition) is 1. The molecule has 0 spiro atoms. The fourth-order valence-corrected chi connectivity index (χ4v) is 4.23. The number of carbonyl (C=O) groups is 2. The van der Waals surface area contributed by atoms with Gasteiger partial charge >= 0.3 is 0 Å². The van der Waals surface area contributed by atoms with Crippen molar-refractivity contribution in [3.05, 3.63) is 71.8 Å². The first-order chi connectivity index (χ1) is 14.5. The molecular weight excluding hydrogens is 386 g/mol. The second-order valence-corrected chi connectivity index (χ2v) is 8.19. The molecule has 158 valence electrons. The van der Waals surface area contributed by atoms with Crippen molar-refractivity contribution < 1.29 is 18.4 Å². The SMILES string of the molecule is O=C(NCCN(CC(F)F)C(=O)[C@@H]1C[C@@H]1c1ccccc1)[C@H]1C[C@@H]1c1ccccc1. The molecule has 4 nitrogen and oxygen atoms in total. The van der Waals surface area contributed by atoms with Gasteiger partial charge in [0.2, 0.25) is 11.8 Å². The molecular formula is C24H26F2N2O2. The average Bonchev–Trinajstić information content (AvgIpc) is 3.67. The number of amides is 2. The molecule has 30 heavy (non-hydrogen) atoms. The summed E-state index contributed by atoms with van der Waals surface area (Å²) < 4.78 is 26.1. The van der Waals surface area contributed by atoms with Crippen molar-refractivity contribution in [3.8, 4) is 0 Å². The molecule has 0 heterocycles. The first kappa shape index (κ1) is 20.5. The average molecular weight is 412 g/mol. The minimum Gasteiger partial charge on any atom is -0.354 e. The Balaban J connectivity index is 1.27. The van der Waals surface area contributed by atoms with Crippen molar-refractivity contribution in [3.63, 3.8) is 0 Å². The molecule has 2 saturated carbocycles. The van der Waals surface area contributed by atoms with Crippen LogP contribution in [0.5, 0.6) is 0 Å². The summed E-state index contributed by atoms with van der Waals surface area (Å²) in [5, 5.41) is 2.83. The van der Waals surface area contributed by atoms with Crippen molar-refractivity contribution in [1.82, 2.24) is 10.2 Å². The fourth-order valence-electron chi connectivity index (χ4n) is 4.23. The van der Waals surface area contributed by atoms with Gasteiger partial charge in [-0.15, -0.1) is 0 Å². The highest BCUT2D eigenvalue weighted by atomic mass is 19.3. The van der Waals surface area contributed by atoms with E-state index in [0.717, 1.165) is 17.5 Å². The van der Waals surface area contributed by atoms with Crippen molar-refractivity contribution in [2.24, 2.45) is 11.8 Å². The maximum absolute atomic E-state index is 13.0. The maximum atomic E-state index is 13.0. The molecule has 0 bridgehead atoms. The topological polar surface area (TPSA) is 49.4 Å². The Morgan fingerprint density at radius 1 is 0.900 bits per heavy atom. The second-order valence-electron chi connectivity index (χ2n) is 8.19. The number of alkyl halides is 2. The van der Waals surface area contributed by atoms with Gasteiger partial charge in [0, 0.05) is 24.9 Å². The predicted octanol–water partition coefficient (Wildman–Crippen LogP) is 3.80. The number of hydrogen-bond acceptors (Lipinski definition) is 2. The molecule has 2 aliphatic carbocycles. The van der Waals surface area contributed by atoms with Crippen LogP contribution < -0.4 is 5.32 Å². The number of rotatable bonds is 9. The van der Waals surface area contributed by atoms with Gasteiger partial charge in [0.25, 0.3) is 6.43 Å². The maximum Gasteiger partial charge on any atom is 0.255 e. The summed E-state index contributed by atoms with van der Waals surface area (Å²) in [4.78, 5) is 26.4. The first-order valence-electron chi connectivity index (χ1n) is 10.5. The zero-order valence-corrected chi connectivity index (χ0v) is 16.7. The van der Waals surface area contributed by atoms with Crippen LogP contribution in [0.4, 0.5) is 8.78 Å². The van der Waals surface area contributed by atoms with Gasteiger partial charge < -0.3 is 10.2 Å². The number of benzene rings is 2. The highest BCUT2D eigenvalue weighted by Crippen LogP contribution is 2.48. The summed E-state index contributed by atoms with van der Waals surface area (Å²) in [7, 11) is 0. The van der Waals surface area contributed by atoms with Gasteiger partial charge in [0.15, 0.2) is 0 Å². The molecule has 2 fully saturated rings. The third-order valence-electron chi connectivity index (χ3n) is 6.04. The van der Waals surface area contributed by atoms with Crippen LogP contribution in [0, 0.1) is 11.8 Å². The Kier molecular flexibility index (Phi) is 6.11. The molecule has 4 atom stereocenters. The van der Waals surface area contributed by atoms with Gasteiger partial charge in [-0.25, -0.2) is 8.78 Å². The van der Waals surface area contributed by atoms with Crippen molar-refractivity contribution in [2.45, 2.75) is 31.1 Å². The van der Waals surface area contributed by atoms with Crippen LogP contribution in [0.3, 0.4) is 0 Å². The molecule has 0 saturated heterocycles. The van der Waals surface area contributed by atoms with E-state index in [0.29, 0.717) is 6.42 Å². The summed E-state index contributed by atoms with van der Waals surface area (Å²) in [5.41, 5.74) is 2.22. The van der Waals surface area contributed by atoms with Gasteiger partial charge in [-0.3, -0.25) is 9.59 Å². The highest BCUT2D eigenvalue weighted by Gasteiger charge is 2.46. The van der Waals surface area contributed by atoms with Crippen LogP contribution in [-0.2, 0) is 9.59 Å². The Morgan fingerprint density at radius 3 is 2.00 bits per heavy atom. The zero-order chi connectivity index (χ0) is 21.1. The Morgan fingerprint density at radius 2 is 1.43 bits per heavy atom. The minimum absolute atomic E-state index is 0.0677. The number of halogens is 2. The van der Waals surface area contributed by atoms with Gasteiger partial charge in [-0.1, -0.05) is 60.7 Å². The summed E-state index contributed by atoms with van der Waals surface area (Å²) in [6, 6.07) is 19.6. The molecule has 6 heteroatoms. The lowest BCUT2D eigenvalue weighted by molar-refractivity contribution is -0.135. The monoisotopic (exact) mass is 412 g/mol. The van der Waals surface area contributed by atoms with E-state index < -0.39 is 13.0 Å². The van der Waals surface area contributed by atoms with E-state index in [1.807, 2.05) is 60.7 Å². The molecule has 0 unspecified atom stereocenters. The Labute approximate surface area is 175 Å². The first-order valence-corrected chi connectivity index (χ1v) is 10.5. The third kappa shape index (κ3) is 4.86. The van der Waals surface area contributed by atoms with Crippen LogP contribution in [0.15, 0.2) is 60.7 Å². The summed E-state index contributed by atoms with van der Waals surface area (Å²) in [5.74, 6) is -0.297. The van der Waals surface area contributed by atoms with E-state index in [4.69, 9.17) is 0 Å². The van der Waals surface area contributed by atoms with Crippen molar-refractivity contribution in [2.75, 3.05) is 19.6 Å². The summed E-state index contributed by atoms with van der Waals surface area (Å²) in [6.07, 6.45) is -1.10. The highest BCUT2D eigenvalue weighted by molar-refractivity contribution is 5.84. The molecule has 2 aliphatic rings. The molecule has 1 N–H and O–H groups in total. The van der Waals surface area contributed by atoms with Crippen LogP contribution in [0.2, 0.25) is 0 Å². The fraction of sp³-hybridized carbons (Fsp3) is 0.417. The minimum atomic E-state index is -2.59. The third-order valence-corrected chi connectivity index (χ3v) is 6.04. The van der Waals surface area contributed by atoms with Crippen LogP contribution in [0.1, 0.15) is 35.8 Å². The lowest BCUT2D eigenvalue weighted by Crippen LogP contribution is -2.42. The number of carbonyl (C=O) groups excluding carboxylic acids is 2. The molecule has 2 aromatic carbocycles. The standard InChI is InChI=1S/C24H26F2N2O2/c25-22(26)15-28(24(30)21-14-19(21)17-9-5-2-6-10-17)12-11-27-23(29)20-13-18(20)16-7-3-1-4-8-16/h1-10,18-22H,11-15H2,(H,27,29)/t18-,19-,20+,21-/m1/s1. The van der Waals surface area contributed by atoms with Crippen LogP contribution >= 0.6 is 0 Å². The van der Waals surface area contributed by atoms with Crippen LogP contribution in [0.25, 0.3) is 0 Å². The molecule has 2 aromatic rings.